The lowest BCUT2D eigenvalue weighted by atomic mass is 10.1. The maximum Gasteiger partial charge on any atom is 0.289 e. The highest BCUT2D eigenvalue weighted by Crippen LogP contribution is 2.23. The number of hydrogen-bond acceptors (Lipinski definition) is 5. The van der Waals surface area contributed by atoms with Crippen molar-refractivity contribution in [2.75, 3.05) is 18.0 Å². The van der Waals surface area contributed by atoms with Crippen LogP contribution in [0.25, 0.3) is 11.3 Å². The predicted octanol–water partition coefficient (Wildman–Crippen LogP) is 3.70. The van der Waals surface area contributed by atoms with Gasteiger partial charge in [0.25, 0.3) is 5.91 Å². The number of aromatic hydroxyl groups is 1. The van der Waals surface area contributed by atoms with Gasteiger partial charge in [0.15, 0.2) is 0 Å². The first kappa shape index (κ1) is 20.1. The Balaban J connectivity index is 1.65. The van der Waals surface area contributed by atoms with E-state index in [1.54, 1.807) is 18.2 Å². The summed E-state index contributed by atoms with van der Waals surface area (Å²) in [5, 5.41) is 21.1. The normalized spacial score (nSPS) is 11.0. The molecule has 0 unspecified atom stereocenters. The quantitative estimate of drug-likeness (QED) is 0.423. The van der Waals surface area contributed by atoms with Gasteiger partial charge in [0.05, 0.1) is 11.9 Å². The number of carbonyl (C=O) groups excluding carboxylic acids is 1. The lowest BCUT2D eigenvalue weighted by molar-refractivity contribution is 0.0950. The number of nitrogens with one attached hydrogen (secondary N) is 2. The van der Waals surface area contributed by atoms with Crippen molar-refractivity contribution < 1.29 is 9.90 Å². The molecule has 3 rings (SSSR count). The Kier molecular flexibility index (Phi) is 6.29. The van der Waals surface area contributed by atoms with Crippen LogP contribution in [0.4, 0.5) is 5.69 Å². The van der Waals surface area contributed by atoms with Crippen LogP contribution >= 0.6 is 0 Å². The van der Waals surface area contributed by atoms with E-state index in [-0.39, 0.29) is 5.75 Å². The summed E-state index contributed by atoms with van der Waals surface area (Å²) in [6.07, 6.45) is 1.41. The number of H-pyrrole nitrogens is 1. The molecule has 7 heteroatoms. The van der Waals surface area contributed by atoms with Gasteiger partial charge in [-0.3, -0.25) is 9.89 Å². The van der Waals surface area contributed by atoms with Crippen molar-refractivity contribution in [1.82, 2.24) is 15.6 Å². The number of aromatic amines is 1. The van der Waals surface area contributed by atoms with Crippen LogP contribution in [0.1, 0.15) is 35.5 Å². The highest BCUT2D eigenvalue weighted by molar-refractivity contribution is 5.94. The van der Waals surface area contributed by atoms with Crippen LogP contribution in [0.15, 0.2) is 53.6 Å². The molecule has 1 amide bonds. The molecule has 0 atom stereocenters. The van der Waals surface area contributed by atoms with Crippen molar-refractivity contribution in [3.05, 3.63) is 65.4 Å². The Morgan fingerprint density at radius 2 is 1.90 bits per heavy atom. The first-order valence-corrected chi connectivity index (χ1v) is 9.55. The van der Waals surface area contributed by atoms with E-state index in [9.17, 15) is 9.90 Å². The van der Waals surface area contributed by atoms with Gasteiger partial charge in [-0.15, -0.1) is 0 Å². The molecule has 29 heavy (non-hydrogen) atoms. The number of anilines is 1. The third-order valence-corrected chi connectivity index (χ3v) is 4.68. The number of nitrogens with zero attached hydrogens (tertiary/aromatic N) is 3. The number of hydrogen-bond donors (Lipinski definition) is 3. The fourth-order valence-electron chi connectivity index (χ4n) is 2.96. The number of amides is 1. The summed E-state index contributed by atoms with van der Waals surface area (Å²) >= 11 is 0. The van der Waals surface area contributed by atoms with E-state index in [4.69, 9.17) is 0 Å². The monoisotopic (exact) mass is 391 g/mol. The Bertz CT molecular complexity index is 1000. The summed E-state index contributed by atoms with van der Waals surface area (Å²) in [5.74, 6) is -0.304. The van der Waals surface area contributed by atoms with Crippen LogP contribution in [0.5, 0.6) is 5.75 Å². The molecule has 3 N–H and O–H groups in total. The van der Waals surface area contributed by atoms with Crippen LogP contribution in [0.2, 0.25) is 0 Å². The van der Waals surface area contributed by atoms with Gasteiger partial charge in [-0.1, -0.05) is 29.8 Å². The number of phenols is 1. The summed E-state index contributed by atoms with van der Waals surface area (Å²) in [6.45, 7) is 7.85. The van der Waals surface area contributed by atoms with Crippen molar-refractivity contribution in [3.8, 4) is 17.0 Å². The summed E-state index contributed by atoms with van der Waals surface area (Å²) in [4.78, 5) is 14.4. The molecule has 0 bridgehead atoms. The molecular weight excluding hydrogens is 366 g/mol. The Labute approximate surface area is 170 Å². The summed E-state index contributed by atoms with van der Waals surface area (Å²) in [7, 11) is 0. The maximum atomic E-state index is 12.3. The van der Waals surface area contributed by atoms with Crippen molar-refractivity contribution in [3.63, 3.8) is 0 Å². The zero-order valence-corrected chi connectivity index (χ0v) is 16.8. The molecule has 0 saturated carbocycles. The Morgan fingerprint density at radius 1 is 1.17 bits per heavy atom. The van der Waals surface area contributed by atoms with E-state index >= 15 is 0 Å². The Morgan fingerprint density at radius 3 is 2.55 bits per heavy atom. The first-order chi connectivity index (χ1) is 14.0. The molecule has 1 heterocycles. The minimum atomic E-state index is -0.411. The molecule has 0 aliphatic carbocycles. The van der Waals surface area contributed by atoms with Gasteiger partial charge in [-0.2, -0.15) is 10.2 Å². The molecule has 0 aliphatic rings. The van der Waals surface area contributed by atoms with Gasteiger partial charge in [0.2, 0.25) is 0 Å². The van der Waals surface area contributed by atoms with Crippen molar-refractivity contribution in [2.45, 2.75) is 20.8 Å². The van der Waals surface area contributed by atoms with Crippen molar-refractivity contribution >= 4 is 17.8 Å². The minimum absolute atomic E-state index is 0.107. The van der Waals surface area contributed by atoms with Gasteiger partial charge in [-0.25, -0.2) is 5.43 Å². The second-order valence-corrected chi connectivity index (χ2v) is 6.65. The number of aromatic nitrogens is 2. The number of phenolic OH excluding ortho intramolecular Hbond substituents is 1. The maximum absolute atomic E-state index is 12.3. The van der Waals surface area contributed by atoms with Crippen LogP contribution in [0.3, 0.4) is 0 Å². The highest BCUT2D eigenvalue weighted by Gasteiger charge is 2.11. The summed E-state index contributed by atoms with van der Waals surface area (Å²) in [6, 6.07) is 14.9. The molecule has 7 nitrogen and oxygen atoms in total. The number of aryl methyl sites for hydroxylation is 1. The molecule has 0 spiro atoms. The summed E-state index contributed by atoms with van der Waals surface area (Å²) < 4.78 is 0. The topological polar surface area (TPSA) is 93.6 Å². The second-order valence-electron chi connectivity index (χ2n) is 6.65. The molecule has 0 radical (unpaired) electrons. The van der Waals surface area contributed by atoms with E-state index in [0.29, 0.717) is 17.0 Å². The predicted molar refractivity (Wildman–Crippen MR) is 115 cm³/mol. The van der Waals surface area contributed by atoms with Gasteiger partial charge in [0.1, 0.15) is 11.4 Å². The highest BCUT2D eigenvalue weighted by atomic mass is 16.3. The average Bonchev–Trinajstić information content (AvgIpc) is 3.21. The third-order valence-electron chi connectivity index (χ3n) is 4.68. The first-order valence-electron chi connectivity index (χ1n) is 9.55. The molecule has 0 fully saturated rings. The third kappa shape index (κ3) is 4.82. The second kappa shape index (κ2) is 9.05. The molecule has 1 aromatic heterocycles. The standard InChI is InChI=1S/C22H25N5O2/c1-4-27(5-2)18-11-10-17(21(28)12-18)14-23-26-22(29)20-13-19(24-25-20)16-8-6-15(3)7-9-16/h6-14,28H,4-5H2,1-3H3,(H,24,25)(H,26,29)/b23-14+. The van der Waals surface area contributed by atoms with Crippen LogP contribution in [-0.4, -0.2) is 40.5 Å². The number of carbonyl (C=O) groups is 1. The van der Waals surface area contributed by atoms with Gasteiger partial charge in [0, 0.05) is 36.0 Å². The van der Waals surface area contributed by atoms with E-state index in [2.05, 4.69) is 39.5 Å². The lowest BCUT2D eigenvalue weighted by Crippen LogP contribution is -2.21. The fourth-order valence-corrected chi connectivity index (χ4v) is 2.96. The lowest BCUT2D eigenvalue weighted by Gasteiger charge is -2.21. The number of hydrazone groups is 1. The molecule has 150 valence electrons. The van der Waals surface area contributed by atoms with E-state index in [1.165, 1.54) is 6.21 Å². The number of benzene rings is 2. The molecule has 0 saturated heterocycles. The number of rotatable bonds is 7. The van der Waals surface area contributed by atoms with Gasteiger partial charge in [-0.05, 0) is 39.0 Å². The van der Waals surface area contributed by atoms with Crippen molar-refractivity contribution in [1.29, 1.82) is 0 Å². The van der Waals surface area contributed by atoms with Gasteiger partial charge < -0.3 is 10.0 Å². The van der Waals surface area contributed by atoms with Gasteiger partial charge >= 0.3 is 0 Å². The molecule has 3 aromatic rings. The smallest absolute Gasteiger partial charge is 0.289 e. The molecule has 2 aromatic carbocycles. The van der Waals surface area contributed by atoms with Crippen LogP contribution < -0.4 is 10.3 Å². The van der Waals surface area contributed by atoms with E-state index in [0.717, 1.165) is 29.9 Å². The van der Waals surface area contributed by atoms with E-state index in [1.807, 2.05) is 37.3 Å². The zero-order chi connectivity index (χ0) is 20.8. The van der Waals surface area contributed by atoms with Crippen LogP contribution in [0, 0.1) is 6.92 Å². The molecular formula is C22H25N5O2. The largest absolute Gasteiger partial charge is 0.507 e. The average molecular weight is 391 g/mol. The Hall–Kier alpha value is -3.61. The fraction of sp³-hybridized carbons (Fsp3) is 0.227. The molecule has 0 aliphatic heterocycles. The van der Waals surface area contributed by atoms with Crippen molar-refractivity contribution in [2.24, 2.45) is 5.10 Å². The SMILES string of the molecule is CCN(CC)c1ccc(/C=N/NC(=O)c2cc(-c3ccc(C)cc3)n[nH]2)c(O)c1. The van der Waals surface area contributed by atoms with E-state index < -0.39 is 5.91 Å². The zero-order valence-electron chi connectivity index (χ0n) is 16.8. The van der Waals surface area contributed by atoms with Crippen LogP contribution in [-0.2, 0) is 0 Å². The summed E-state index contributed by atoms with van der Waals surface area (Å²) in [5.41, 5.74) is 6.97. The minimum Gasteiger partial charge on any atom is -0.507 e.